The van der Waals surface area contributed by atoms with Crippen molar-refractivity contribution in [3.8, 4) is 0 Å². The lowest BCUT2D eigenvalue weighted by Gasteiger charge is -2.20. The molecule has 1 atom stereocenters. The van der Waals surface area contributed by atoms with E-state index in [1.165, 1.54) is 0 Å². The molecular weight excluding hydrogens is 268 g/mol. The molecule has 0 spiro atoms. The van der Waals surface area contributed by atoms with Crippen LogP contribution in [0.2, 0.25) is 0 Å². The maximum absolute atomic E-state index is 12.3. The number of alkyl halides is 2. The van der Waals surface area contributed by atoms with Crippen LogP contribution in [0.15, 0.2) is 30.3 Å². The van der Waals surface area contributed by atoms with Gasteiger partial charge in [0.1, 0.15) is 6.04 Å². The number of carboxylic acids is 1. The van der Waals surface area contributed by atoms with Gasteiger partial charge in [0.15, 0.2) is 0 Å². The van der Waals surface area contributed by atoms with E-state index in [-0.39, 0.29) is 0 Å². The highest BCUT2D eigenvalue weighted by Crippen LogP contribution is 2.48. The molecule has 1 aliphatic rings. The molecule has 0 saturated heterocycles. The predicted octanol–water partition coefficient (Wildman–Crippen LogP) is 1.94. The van der Waals surface area contributed by atoms with Crippen LogP contribution < -0.4 is 5.32 Å². The smallest absolute Gasteiger partial charge is 0.326 e. The van der Waals surface area contributed by atoms with Crippen LogP contribution in [-0.4, -0.2) is 29.5 Å². The molecule has 0 aromatic heterocycles. The van der Waals surface area contributed by atoms with Crippen LogP contribution in [0.5, 0.6) is 0 Å². The first-order valence-electron chi connectivity index (χ1n) is 6.33. The van der Waals surface area contributed by atoms with Crippen molar-refractivity contribution in [2.75, 3.05) is 0 Å². The second kappa shape index (κ2) is 5.56. The number of carboxylic acid groups (broad SMARTS) is 1. The van der Waals surface area contributed by atoms with Crippen molar-refractivity contribution < 1.29 is 23.5 Å². The largest absolute Gasteiger partial charge is 0.480 e. The molecule has 108 valence electrons. The Kier molecular flexibility index (Phi) is 4.01. The van der Waals surface area contributed by atoms with Crippen LogP contribution in [0.25, 0.3) is 0 Å². The van der Waals surface area contributed by atoms with E-state index in [0.717, 1.165) is 5.56 Å². The van der Waals surface area contributed by atoms with Crippen LogP contribution in [0, 0.1) is 0 Å². The molecule has 0 heterocycles. The lowest BCUT2D eigenvalue weighted by molar-refractivity contribution is -0.143. The minimum Gasteiger partial charge on any atom is -0.480 e. The summed E-state index contributed by atoms with van der Waals surface area (Å²) < 4.78 is 24.6. The minimum absolute atomic E-state index is 0.489. The van der Waals surface area contributed by atoms with Crippen molar-refractivity contribution in [1.29, 1.82) is 0 Å². The van der Waals surface area contributed by atoms with Gasteiger partial charge in [0.25, 0.3) is 0 Å². The second-order valence-corrected chi connectivity index (χ2v) is 4.94. The number of hydrogen-bond donors (Lipinski definition) is 2. The Hall–Kier alpha value is -1.98. The summed E-state index contributed by atoms with van der Waals surface area (Å²) >= 11 is 0. The fourth-order valence-electron chi connectivity index (χ4n) is 2.23. The Balaban J connectivity index is 2.09. The summed E-state index contributed by atoms with van der Waals surface area (Å²) in [6.07, 6.45) is -2.46. The normalized spacial score (nSPS) is 17.6. The number of carbonyl (C=O) groups excluding carboxylic acids is 1. The van der Waals surface area contributed by atoms with E-state index in [9.17, 15) is 18.4 Å². The van der Waals surface area contributed by atoms with Gasteiger partial charge in [-0.15, -0.1) is 0 Å². The average molecular weight is 283 g/mol. The first-order valence-corrected chi connectivity index (χ1v) is 6.33. The third-order valence-corrected chi connectivity index (χ3v) is 3.53. The molecule has 0 aliphatic heterocycles. The van der Waals surface area contributed by atoms with Gasteiger partial charge in [-0.2, -0.15) is 0 Å². The zero-order valence-corrected chi connectivity index (χ0v) is 10.7. The highest BCUT2D eigenvalue weighted by atomic mass is 19.3. The molecule has 1 aromatic carbocycles. The third-order valence-electron chi connectivity index (χ3n) is 3.53. The van der Waals surface area contributed by atoms with Crippen molar-refractivity contribution in [2.24, 2.45) is 0 Å². The first kappa shape index (κ1) is 14.4. The number of aliphatic carboxylic acids is 1. The Bertz CT molecular complexity index is 500. The van der Waals surface area contributed by atoms with E-state index >= 15 is 0 Å². The van der Waals surface area contributed by atoms with Gasteiger partial charge >= 0.3 is 5.97 Å². The number of benzene rings is 1. The molecule has 6 heteroatoms. The van der Waals surface area contributed by atoms with E-state index in [1.807, 2.05) is 6.07 Å². The Morgan fingerprint density at radius 2 is 1.85 bits per heavy atom. The topological polar surface area (TPSA) is 66.4 Å². The van der Waals surface area contributed by atoms with Gasteiger partial charge in [-0.25, -0.2) is 13.6 Å². The molecule has 1 fully saturated rings. The first-order chi connectivity index (χ1) is 9.45. The summed E-state index contributed by atoms with van der Waals surface area (Å²) in [7, 11) is 0. The number of carbonyl (C=O) groups is 2. The molecule has 1 unspecified atom stereocenters. The molecule has 20 heavy (non-hydrogen) atoms. The molecule has 1 aromatic rings. The molecule has 4 nitrogen and oxygen atoms in total. The SMILES string of the molecule is O=C(O)C(CC(F)F)NC(=O)C1(c2ccccc2)CC1. The van der Waals surface area contributed by atoms with Crippen LogP contribution in [0.1, 0.15) is 24.8 Å². The molecule has 0 bridgehead atoms. The van der Waals surface area contributed by atoms with E-state index < -0.39 is 36.2 Å². The second-order valence-electron chi connectivity index (χ2n) is 4.94. The van der Waals surface area contributed by atoms with E-state index in [4.69, 9.17) is 5.11 Å². The Morgan fingerprint density at radius 1 is 1.25 bits per heavy atom. The van der Waals surface area contributed by atoms with Crippen LogP contribution >= 0.6 is 0 Å². The van der Waals surface area contributed by atoms with Gasteiger partial charge in [0.2, 0.25) is 12.3 Å². The van der Waals surface area contributed by atoms with Crippen molar-refractivity contribution in [1.82, 2.24) is 5.32 Å². The highest BCUT2D eigenvalue weighted by molar-refractivity contribution is 5.93. The quantitative estimate of drug-likeness (QED) is 0.838. The van der Waals surface area contributed by atoms with E-state index in [2.05, 4.69) is 5.32 Å². The molecule has 1 saturated carbocycles. The van der Waals surface area contributed by atoms with Crippen LogP contribution in [-0.2, 0) is 15.0 Å². The van der Waals surface area contributed by atoms with Gasteiger partial charge in [-0.1, -0.05) is 30.3 Å². The fourth-order valence-corrected chi connectivity index (χ4v) is 2.23. The number of hydrogen-bond acceptors (Lipinski definition) is 2. The van der Waals surface area contributed by atoms with Crippen molar-refractivity contribution in [3.63, 3.8) is 0 Å². The van der Waals surface area contributed by atoms with Gasteiger partial charge in [0, 0.05) is 6.42 Å². The minimum atomic E-state index is -2.77. The zero-order valence-electron chi connectivity index (χ0n) is 10.7. The van der Waals surface area contributed by atoms with Gasteiger partial charge in [-0.05, 0) is 18.4 Å². The Labute approximate surface area is 114 Å². The summed E-state index contributed by atoms with van der Waals surface area (Å²) in [6.45, 7) is 0. The summed E-state index contributed by atoms with van der Waals surface area (Å²) in [5.74, 6) is -1.93. The molecule has 2 N–H and O–H groups in total. The van der Waals surface area contributed by atoms with Gasteiger partial charge < -0.3 is 10.4 Å². The van der Waals surface area contributed by atoms with Crippen molar-refractivity contribution in [2.45, 2.75) is 37.1 Å². The highest BCUT2D eigenvalue weighted by Gasteiger charge is 2.51. The monoisotopic (exact) mass is 283 g/mol. The van der Waals surface area contributed by atoms with E-state index in [0.29, 0.717) is 12.8 Å². The number of rotatable bonds is 6. The van der Waals surface area contributed by atoms with Crippen LogP contribution in [0.3, 0.4) is 0 Å². The van der Waals surface area contributed by atoms with Gasteiger partial charge in [-0.3, -0.25) is 4.79 Å². The lowest BCUT2D eigenvalue weighted by atomic mass is 9.94. The van der Waals surface area contributed by atoms with Crippen molar-refractivity contribution in [3.05, 3.63) is 35.9 Å². The number of nitrogens with one attached hydrogen (secondary N) is 1. The molecule has 1 aliphatic carbocycles. The molecular formula is C14H15F2NO3. The number of halogens is 2. The summed E-state index contributed by atoms with van der Waals surface area (Å²) in [6, 6.07) is 7.41. The number of amides is 1. The lowest BCUT2D eigenvalue weighted by Crippen LogP contribution is -2.46. The summed E-state index contributed by atoms with van der Waals surface area (Å²) in [5, 5.41) is 11.1. The van der Waals surface area contributed by atoms with Crippen LogP contribution in [0.4, 0.5) is 8.78 Å². The van der Waals surface area contributed by atoms with Gasteiger partial charge in [0.05, 0.1) is 5.41 Å². The molecule has 1 amide bonds. The predicted molar refractivity (Wildman–Crippen MR) is 67.5 cm³/mol. The van der Waals surface area contributed by atoms with E-state index in [1.54, 1.807) is 24.3 Å². The summed E-state index contributed by atoms with van der Waals surface area (Å²) in [4.78, 5) is 23.1. The third kappa shape index (κ3) is 2.95. The molecule has 0 radical (unpaired) electrons. The summed E-state index contributed by atoms with van der Waals surface area (Å²) in [5.41, 5.74) is 0.0376. The maximum atomic E-state index is 12.3. The molecule has 2 rings (SSSR count). The fraction of sp³-hybridized carbons (Fsp3) is 0.429. The average Bonchev–Trinajstić information content (AvgIpc) is 3.19. The maximum Gasteiger partial charge on any atom is 0.326 e. The zero-order chi connectivity index (χ0) is 14.8. The van der Waals surface area contributed by atoms with Crippen molar-refractivity contribution >= 4 is 11.9 Å². The standard InChI is InChI=1S/C14H15F2NO3/c15-11(16)8-10(12(18)19)17-13(20)14(6-7-14)9-4-2-1-3-5-9/h1-5,10-11H,6-8H2,(H,17,20)(H,18,19). The Morgan fingerprint density at radius 3 is 2.30 bits per heavy atom.